The van der Waals surface area contributed by atoms with Gasteiger partial charge in [0.15, 0.2) is 0 Å². The molecule has 2 saturated heterocycles. The summed E-state index contributed by atoms with van der Waals surface area (Å²) < 4.78 is 11.3. The molecule has 0 radical (unpaired) electrons. The number of nitrogens with one attached hydrogen (secondary N) is 1. The van der Waals surface area contributed by atoms with Crippen LogP contribution in [0.1, 0.15) is 25.7 Å². The Labute approximate surface area is 126 Å². The van der Waals surface area contributed by atoms with Crippen molar-refractivity contribution in [2.45, 2.75) is 37.3 Å². The predicted molar refractivity (Wildman–Crippen MR) is 83.6 cm³/mol. The zero-order chi connectivity index (χ0) is 14.4. The van der Waals surface area contributed by atoms with Gasteiger partial charge in [-0.15, -0.1) is 0 Å². The number of nitrogens with two attached hydrogens (primary N) is 1. The van der Waals surface area contributed by atoms with Gasteiger partial charge < -0.3 is 15.2 Å². The van der Waals surface area contributed by atoms with Crippen molar-refractivity contribution in [3.05, 3.63) is 0 Å². The zero-order valence-corrected chi connectivity index (χ0v) is 13.2. The number of thioether (sulfide) groups is 1. The molecule has 6 heteroatoms. The standard InChI is InChI=1S/C14H27N3O2S/c1-18-8-6-17(5-2-13(15)16)12-3-7-19-14(10-12)4-9-20-11-14/h12H,2-11H2,1H3,(H3,15,16). The molecule has 0 bridgehead atoms. The van der Waals surface area contributed by atoms with Gasteiger partial charge in [0.1, 0.15) is 0 Å². The number of hydrogen-bond donors (Lipinski definition) is 2. The highest BCUT2D eigenvalue weighted by molar-refractivity contribution is 7.99. The second-order valence-corrected chi connectivity index (χ2v) is 6.89. The lowest BCUT2D eigenvalue weighted by Gasteiger charge is -2.42. The first-order chi connectivity index (χ1) is 9.65. The normalized spacial score (nSPS) is 30.2. The van der Waals surface area contributed by atoms with Gasteiger partial charge in [0, 0.05) is 45.0 Å². The Hall–Kier alpha value is -0.300. The van der Waals surface area contributed by atoms with Gasteiger partial charge in [0.25, 0.3) is 0 Å². The molecule has 20 heavy (non-hydrogen) atoms. The van der Waals surface area contributed by atoms with E-state index in [-0.39, 0.29) is 11.4 Å². The number of rotatable bonds is 7. The van der Waals surface area contributed by atoms with Crippen molar-refractivity contribution in [2.75, 3.05) is 44.9 Å². The fourth-order valence-electron chi connectivity index (χ4n) is 3.13. The first kappa shape index (κ1) is 16.1. The SMILES string of the molecule is COCCN(CCC(=N)N)C1CCOC2(CCSC2)C1. The lowest BCUT2D eigenvalue weighted by atomic mass is 9.89. The minimum absolute atomic E-state index is 0.106. The summed E-state index contributed by atoms with van der Waals surface area (Å²) in [6, 6.07) is 0.539. The van der Waals surface area contributed by atoms with Gasteiger partial charge in [0.05, 0.1) is 18.0 Å². The Morgan fingerprint density at radius 2 is 2.40 bits per heavy atom. The lowest BCUT2D eigenvalue weighted by molar-refractivity contribution is -0.0908. The summed E-state index contributed by atoms with van der Waals surface area (Å²) in [7, 11) is 1.74. The van der Waals surface area contributed by atoms with E-state index in [9.17, 15) is 0 Å². The molecule has 5 nitrogen and oxygen atoms in total. The molecule has 0 aromatic heterocycles. The summed E-state index contributed by atoms with van der Waals surface area (Å²) in [6.07, 6.45) is 4.01. The Morgan fingerprint density at radius 1 is 1.55 bits per heavy atom. The predicted octanol–water partition coefficient (Wildman–Crippen LogP) is 1.32. The number of nitrogens with zero attached hydrogens (tertiary/aromatic N) is 1. The van der Waals surface area contributed by atoms with Crippen LogP contribution >= 0.6 is 11.8 Å². The summed E-state index contributed by atoms with van der Waals surface area (Å²) in [4.78, 5) is 2.44. The third-order valence-corrected chi connectivity index (χ3v) is 5.52. The lowest BCUT2D eigenvalue weighted by Crippen LogP contribution is -2.50. The average Bonchev–Trinajstić information content (AvgIpc) is 2.86. The molecule has 2 unspecified atom stereocenters. The van der Waals surface area contributed by atoms with Crippen molar-refractivity contribution in [1.29, 1.82) is 5.41 Å². The molecule has 2 atom stereocenters. The van der Waals surface area contributed by atoms with E-state index in [1.807, 2.05) is 11.8 Å². The van der Waals surface area contributed by atoms with E-state index in [2.05, 4.69) is 4.90 Å². The van der Waals surface area contributed by atoms with Gasteiger partial charge in [-0.25, -0.2) is 0 Å². The Kier molecular flexibility index (Phi) is 6.14. The van der Waals surface area contributed by atoms with Crippen molar-refractivity contribution in [3.8, 4) is 0 Å². The topological polar surface area (TPSA) is 71.6 Å². The highest BCUT2D eigenvalue weighted by Crippen LogP contribution is 2.39. The fraction of sp³-hybridized carbons (Fsp3) is 0.929. The van der Waals surface area contributed by atoms with Crippen LogP contribution in [0.5, 0.6) is 0 Å². The van der Waals surface area contributed by atoms with E-state index < -0.39 is 0 Å². The van der Waals surface area contributed by atoms with Crippen molar-refractivity contribution >= 4 is 17.6 Å². The largest absolute Gasteiger partial charge is 0.388 e. The molecule has 2 heterocycles. The maximum atomic E-state index is 7.43. The molecule has 1 spiro atoms. The summed E-state index contributed by atoms with van der Waals surface area (Å²) in [6.45, 7) is 3.36. The molecule has 2 aliphatic rings. The van der Waals surface area contributed by atoms with Crippen LogP contribution < -0.4 is 5.73 Å². The van der Waals surface area contributed by atoms with Crippen LogP contribution in [0.2, 0.25) is 0 Å². The quantitative estimate of drug-likeness (QED) is 0.548. The minimum atomic E-state index is 0.106. The number of ether oxygens (including phenoxy) is 2. The highest BCUT2D eigenvalue weighted by Gasteiger charge is 2.41. The summed E-state index contributed by atoms with van der Waals surface area (Å²) in [5.74, 6) is 2.62. The second kappa shape index (κ2) is 7.64. The third-order valence-electron chi connectivity index (χ3n) is 4.30. The van der Waals surface area contributed by atoms with Crippen LogP contribution in [-0.2, 0) is 9.47 Å². The van der Waals surface area contributed by atoms with Crippen molar-refractivity contribution in [3.63, 3.8) is 0 Å². The van der Waals surface area contributed by atoms with Crippen LogP contribution in [0.3, 0.4) is 0 Å². The molecule has 116 valence electrons. The summed E-state index contributed by atoms with van der Waals surface area (Å²) in [5.41, 5.74) is 5.62. The van der Waals surface area contributed by atoms with Gasteiger partial charge in [-0.2, -0.15) is 11.8 Å². The first-order valence-electron chi connectivity index (χ1n) is 7.43. The second-order valence-electron chi connectivity index (χ2n) is 5.78. The van der Waals surface area contributed by atoms with E-state index in [0.29, 0.717) is 12.5 Å². The molecule has 2 aliphatic heterocycles. The summed E-state index contributed by atoms with van der Waals surface area (Å²) >= 11 is 2.01. The molecule has 0 aromatic carbocycles. The fourth-order valence-corrected chi connectivity index (χ4v) is 4.50. The highest BCUT2D eigenvalue weighted by atomic mass is 32.2. The van der Waals surface area contributed by atoms with Crippen molar-refractivity contribution < 1.29 is 9.47 Å². The van der Waals surface area contributed by atoms with E-state index in [1.54, 1.807) is 7.11 Å². The van der Waals surface area contributed by atoms with Crippen LogP contribution in [-0.4, -0.2) is 67.3 Å². The average molecular weight is 301 g/mol. The molecule has 0 saturated carbocycles. The smallest absolute Gasteiger partial charge is 0.0918 e. The molecule has 0 aromatic rings. The van der Waals surface area contributed by atoms with Gasteiger partial charge in [-0.1, -0.05) is 0 Å². The molecular weight excluding hydrogens is 274 g/mol. The Morgan fingerprint density at radius 3 is 3.05 bits per heavy atom. The maximum absolute atomic E-state index is 7.43. The molecule has 2 rings (SSSR count). The molecule has 0 aliphatic carbocycles. The van der Waals surface area contributed by atoms with Gasteiger partial charge in [0.2, 0.25) is 0 Å². The molecule has 0 amide bonds. The third kappa shape index (κ3) is 4.35. The van der Waals surface area contributed by atoms with Crippen LogP contribution in [0.25, 0.3) is 0 Å². The van der Waals surface area contributed by atoms with Crippen molar-refractivity contribution in [1.82, 2.24) is 4.90 Å². The molecule has 3 N–H and O–H groups in total. The minimum Gasteiger partial charge on any atom is -0.388 e. The van der Waals surface area contributed by atoms with E-state index in [1.165, 1.54) is 12.2 Å². The zero-order valence-electron chi connectivity index (χ0n) is 12.4. The van der Waals surface area contributed by atoms with E-state index in [0.717, 1.165) is 44.9 Å². The summed E-state index contributed by atoms with van der Waals surface area (Å²) in [5, 5.41) is 7.43. The van der Waals surface area contributed by atoms with Gasteiger partial charge in [-0.3, -0.25) is 10.3 Å². The maximum Gasteiger partial charge on any atom is 0.0918 e. The number of methoxy groups -OCH3 is 1. The van der Waals surface area contributed by atoms with Gasteiger partial charge >= 0.3 is 0 Å². The van der Waals surface area contributed by atoms with E-state index in [4.69, 9.17) is 20.6 Å². The molecule has 2 fully saturated rings. The van der Waals surface area contributed by atoms with Crippen LogP contribution in [0.15, 0.2) is 0 Å². The van der Waals surface area contributed by atoms with Crippen LogP contribution in [0.4, 0.5) is 0 Å². The van der Waals surface area contributed by atoms with Crippen molar-refractivity contribution in [2.24, 2.45) is 5.73 Å². The number of amidine groups is 1. The number of hydrogen-bond acceptors (Lipinski definition) is 5. The molecular formula is C14H27N3O2S. The van der Waals surface area contributed by atoms with Gasteiger partial charge in [-0.05, 0) is 25.0 Å². The van der Waals surface area contributed by atoms with E-state index >= 15 is 0 Å². The Bertz CT molecular complexity index is 322. The monoisotopic (exact) mass is 301 g/mol. The first-order valence-corrected chi connectivity index (χ1v) is 8.58. The van der Waals surface area contributed by atoms with Crippen LogP contribution in [0, 0.1) is 5.41 Å². The Balaban J connectivity index is 1.93.